The first-order chi connectivity index (χ1) is 4.51. The van der Waals surface area contributed by atoms with Gasteiger partial charge in [0.25, 0.3) is 5.92 Å². The van der Waals surface area contributed by atoms with E-state index in [0.29, 0.717) is 0 Å². The van der Waals surface area contributed by atoms with Gasteiger partial charge in [-0.2, -0.15) is 0 Å². The Morgan fingerprint density at radius 1 is 1.60 bits per heavy atom. The lowest BCUT2D eigenvalue weighted by Gasteiger charge is -2.24. The summed E-state index contributed by atoms with van der Waals surface area (Å²) in [7, 11) is 0. The van der Waals surface area contributed by atoms with Gasteiger partial charge in [0.2, 0.25) is 0 Å². The van der Waals surface area contributed by atoms with Crippen LogP contribution in [0.1, 0.15) is 19.3 Å². The summed E-state index contributed by atoms with van der Waals surface area (Å²) < 4.78 is 24.8. The summed E-state index contributed by atoms with van der Waals surface area (Å²) in [6, 6.07) is -0.941. The second kappa shape index (κ2) is 2.27. The van der Waals surface area contributed by atoms with Crippen LogP contribution in [0.5, 0.6) is 0 Å². The van der Waals surface area contributed by atoms with Crippen molar-refractivity contribution in [1.82, 2.24) is 0 Å². The quantitative estimate of drug-likeness (QED) is 0.551. The third-order valence-electron chi connectivity index (χ3n) is 1.67. The molecule has 10 heavy (non-hydrogen) atoms. The molecule has 1 unspecified atom stereocenters. The first-order valence-electron chi connectivity index (χ1n) is 3.17. The molecule has 4 heteroatoms. The lowest BCUT2D eigenvalue weighted by Crippen LogP contribution is -2.41. The molecule has 0 aromatic rings. The van der Waals surface area contributed by atoms with Crippen molar-refractivity contribution >= 4 is 5.78 Å². The molecule has 2 nitrogen and oxygen atoms in total. The predicted molar refractivity (Wildman–Crippen MR) is 31.8 cm³/mol. The van der Waals surface area contributed by atoms with E-state index >= 15 is 0 Å². The van der Waals surface area contributed by atoms with E-state index in [0.717, 1.165) is 0 Å². The fourth-order valence-corrected chi connectivity index (χ4v) is 1.03. The molecule has 58 valence electrons. The highest BCUT2D eigenvalue weighted by atomic mass is 19.3. The molecular weight excluding hydrogens is 140 g/mol. The fraction of sp³-hybridized carbons (Fsp3) is 0.833. The van der Waals surface area contributed by atoms with E-state index in [9.17, 15) is 13.6 Å². The second-order valence-corrected chi connectivity index (χ2v) is 2.63. The summed E-state index contributed by atoms with van der Waals surface area (Å²) in [5, 5.41) is 0. The third kappa shape index (κ3) is 1.50. The van der Waals surface area contributed by atoms with Gasteiger partial charge in [0.05, 0.1) is 6.04 Å². The molecule has 0 aromatic heterocycles. The van der Waals surface area contributed by atoms with Crippen LogP contribution in [0.3, 0.4) is 0 Å². The van der Waals surface area contributed by atoms with Crippen LogP contribution in [0.15, 0.2) is 0 Å². The summed E-state index contributed by atoms with van der Waals surface area (Å²) in [6.45, 7) is 0. The molecule has 1 fully saturated rings. The minimum absolute atomic E-state index is 0.0752. The number of Topliss-reactive ketones (excluding diaryl/α,β-unsaturated/α-hetero) is 1. The summed E-state index contributed by atoms with van der Waals surface area (Å²) in [6.07, 6.45) is -0.889. The first kappa shape index (κ1) is 7.60. The van der Waals surface area contributed by atoms with Crippen LogP contribution >= 0.6 is 0 Å². The summed E-state index contributed by atoms with van der Waals surface area (Å²) in [4.78, 5) is 10.6. The molecule has 0 saturated heterocycles. The fourth-order valence-electron chi connectivity index (χ4n) is 1.03. The normalized spacial score (nSPS) is 32.3. The SMILES string of the molecule is NC1CC(F)(F)CCC1=O. The predicted octanol–water partition coefficient (Wildman–Crippen LogP) is 0.702. The van der Waals surface area contributed by atoms with Gasteiger partial charge in [-0.3, -0.25) is 4.79 Å². The van der Waals surface area contributed by atoms with Gasteiger partial charge in [-0.15, -0.1) is 0 Å². The standard InChI is InChI=1S/C6H9F2NO/c7-6(8)2-1-5(10)4(9)3-6/h4H,1-3,9H2. The van der Waals surface area contributed by atoms with E-state index in [4.69, 9.17) is 5.73 Å². The number of hydrogen-bond acceptors (Lipinski definition) is 2. The molecule has 1 rings (SSSR count). The molecule has 0 aliphatic heterocycles. The molecule has 0 radical (unpaired) electrons. The highest BCUT2D eigenvalue weighted by Crippen LogP contribution is 2.30. The van der Waals surface area contributed by atoms with Crippen molar-refractivity contribution in [3.63, 3.8) is 0 Å². The number of halogens is 2. The maximum Gasteiger partial charge on any atom is 0.250 e. The third-order valence-corrected chi connectivity index (χ3v) is 1.67. The first-order valence-corrected chi connectivity index (χ1v) is 3.17. The van der Waals surface area contributed by atoms with Gasteiger partial charge in [-0.1, -0.05) is 0 Å². The number of carbonyl (C=O) groups excluding carboxylic acids is 1. The number of nitrogens with two attached hydrogens (primary N) is 1. The minimum atomic E-state index is -2.71. The molecule has 0 spiro atoms. The van der Waals surface area contributed by atoms with Gasteiger partial charge in [-0.25, -0.2) is 8.78 Å². The van der Waals surface area contributed by atoms with Crippen molar-refractivity contribution < 1.29 is 13.6 Å². The van der Waals surface area contributed by atoms with E-state index in [2.05, 4.69) is 0 Å². The largest absolute Gasteiger partial charge is 0.321 e. The lowest BCUT2D eigenvalue weighted by molar-refractivity contribution is -0.130. The molecule has 1 atom stereocenters. The number of ketones is 1. The summed E-state index contributed by atoms with van der Waals surface area (Å²) >= 11 is 0. The summed E-state index contributed by atoms with van der Waals surface area (Å²) in [5.41, 5.74) is 5.12. The van der Waals surface area contributed by atoms with Crippen molar-refractivity contribution in [1.29, 1.82) is 0 Å². The van der Waals surface area contributed by atoms with Crippen molar-refractivity contribution in [3.8, 4) is 0 Å². The van der Waals surface area contributed by atoms with Gasteiger partial charge in [0.15, 0.2) is 0 Å². The molecule has 0 aromatic carbocycles. The van der Waals surface area contributed by atoms with Crippen molar-refractivity contribution in [2.75, 3.05) is 0 Å². The highest BCUT2D eigenvalue weighted by molar-refractivity contribution is 5.84. The Kier molecular flexibility index (Phi) is 1.72. The van der Waals surface area contributed by atoms with Gasteiger partial charge >= 0.3 is 0 Å². The molecule has 0 heterocycles. The van der Waals surface area contributed by atoms with E-state index in [-0.39, 0.29) is 18.6 Å². The summed E-state index contributed by atoms with van der Waals surface area (Å²) in [5.74, 6) is -2.96. The molecule has 2 N–H and O–H groups in total. The van der Waals surface area contributed by atoms with E-state index in [1.807, 2.05) is 0 Å². The molecule has 0 bridgehead atoms. The van der Waals surface area contributed by atoms with Crippen LogP contribution in [0.2, 0.25) is 0 Å². The maximum absolute atomic E-state index is 12.4. The molecule has 1 aliphatic carbocycles. The molecule has 1 saturated carbocycles. The molecule has 0 amide bonds. The van der Waals surface area contributed by atoms with Gasteiger partial charge in [0, 0.05) is 19.3 Å². The number of rotatable bonds is 0. The van der Waals surface area contributed by atoms with E-state index < -0.39 is 18.4 Å². The maximum atomic E-state index is 12.4. The van der Waals surface area contributed by atoms with Crippen molar-refractivity contribution in [2.45, 2.75) is 31.2 Å². The van der Waals surface area contributed by atoms with Crippen molar-refractivity contribution in [3.05, 3.63) is 0 Å². The Morgan fingerprint density at radius 2 is 2.20 bits per heavy atom. The average molecular weight is 149 g/mol. The average Bonchev–Trinajstić information content (AvgIpc) is 1.79. The Morgan fingerprint density at radius 3 is 2.60 bits per heavy atom. The Balaban J connectivity index is 2.57. The van der Waals surface area contributed by atoms with E-state index in [1.165, 1.54) is 0 Å². The Bertz CT molecular complexity index is 158. The van der Waals surface area contributed by atoms with Gasteiger partial charge in [0.1, 0.15) is 5.78 Å². The zero-order valence-electron chi connectivity index (χ0n) is 5.44. The topological polar surface area (TPSA) is 43.1 Å². The Hall–Kier alpha value is -0.510. The van der Waals surface area contributed by atoms with Gasteiger partial charge in [-0.05, 0) is 0 Å². The number of carbonyl (C=O) groups is 1. The van der Waals surface area contributed by atoms with Crippen molar-refractivity contribution in [2.24, 2.45) is 5.73 Å². The van der Waals surface area contributed by atoms with Crippen LogP contribution in [0.25, 0.3) is 0 Å². The molecular formula is C6H9F2NO. The van der Waals surface area contributed by atoms with Crippen LogP contribution < -0.4 is 5.73 Å². The number of hydrogen-bond donors (Lipinski definition) is 1. The zero-order chi connectivity index (χ0) is 7.78. The minimum Gasteiger partial charge on any atom is -0.321 e. The Labute approximate surface area is 57.4 Å². The highest BCUT2D eigenvalue weighted by Gasteiger charge is 2.38. The monoisotopic (exact) mass is 149 g/mol. The van der Waals surface area contributed by atoms with Crippen LogP contribution in [-0.4, -0.2) is 17.7 Å². The zero-order valence-corrected chi connectivity index (χ0v) is 5.44. The second-order valence-electron chi connectivity index (χ2n) is 2.63. The van der Waals surface area contributed by atoms with Crippen LogP contribution in [0, 0.1) is 0 Å². The van der Waals surface area contributed by atoms with Crippen LogP contribution in [0.4, 0.5) is 8.78 Å². The number of alkyl halides is 2. The van der Waals surface area contributed by atoms with Gasteiger partial charge < -0.3 is 5.73 Å². The molecule has 1 aliphatic rings. The lowest BCUT2D eigenvalue weighted by atomic mass is 9.92. The van der Waals surface area contributed by atoms with E-state index in [1.54, 1.807) is 0 Å². The smallest absolute Gasteiger partial charge is 0.250 e. The van der Waals surface area contributed by atoms with Crippen LogP contribution in [-0.2, 0) is 4.79 Å².